The highest BCUT2D eigenvalue weighted by Crippen LogP contribution is 2.33. The number of carbonyl (C=O) groups is 1. The highest BCUT2D eigenvalue weighted by molar-refractivity contribution is 7.09. The highest BCUT2D eigenvalue weighted by Gasteiger charge is 2.33. The summed E-state index contributed by atoms with van der Waals surface area (Å²) >= 11 is 1.59. The molecule has 0 bridgehead atoms. The van der Waals surface area contributed by atoms with Gasteiger partial charge in [-0.05, 0) is 19.1 Å². The quantitative estimate of drug-likeness (QED) is 0.881. The summed E-state index contributed by atoms with van der Waals surface area (Å²) in [6.45, 7) is 6.19. The summed E-state index contributed by atoms with van der Waals surface area (Å²) in [5.74, 6) is 0.00917. The van der Waals surface area contributed by atoms with Crippen LogP contribution in [-0.2, 0) is 0 Å². The molecule has 102 valence electrons. The Morgan fingerprint density at radius 3 is 3.00 bits per heavy atom. The standard InChI is InChI=1S/C15H15N3OS/c1-3-8-18-14(13-9-20-10(2)16-13)17-12-7-5-4-6-11(12)15(18)19/h3-7,9,14,17H,1,8H2,2H3. The molecule has 1 aromatic heterocycles. The van der Waals surface area contributed by atoms with Gasteiger partial charge in [0.2, 0.25) is 0 Å². The van der Waals surface area contributed by atoms with Crippen LogP contribution in [0.2, 0.25) is 0 Å². The number of thiazole rings is 1. The summed E-state index contributed by atoms with van der Waals surface area (Å²) in [6.07, 6.45) is 1.50. The van der Waals surface area contributed by atoms with Crippen LogP contribution in [0, 0.1) is 6.92 Å². The molecule has 1 aliphatic heterocycles. The first-order chi connectivity index (χ1) is 9.70. The van der Waals surface area contributed by atoms with Crippen molar-refractivity contribution in [3.05, 3.63) is 58.6 Å². The van der Waals surface area contributed by atoms with E-state index in [0.29, 0.717) is 12.1 Å². The fourth-order valence-electron chi connectivity index (χ4n) is 2.36. The maximum Gasteiger partial charge on any atom is 0.258 e. The van der Waals surface area contributed by atoms with E-state index in [4.69, 9.17) is 0 Å². The van der Waals surface area contributed by atoms with Gasteiger partial charge in [0.15, 0.2) is 0 Å². The summed E-state index contributed by atoms with van der Waals surface area (Å²) < 4.78 is 0. The lowest BCUT2D eigenvalue weighted by atomic mass is 10.1. The molecular weight excluding hydrogens is 270 g/mol. The molecule has 0 fully saturated rings. The number of aryl methyl sites for hydroxylation is 1. The van der Waals surface area contributed by atoms with Gasteiger partial charge in [-0.25, -0.2) is 4.98 Å². The number of anilines is 1. The molecule has 0 aliphatic carbocycles. The van der Waals surface area contributed by atoms with Gasteiger partial charge in [0.25, 0.3) is 5.91 Å². The van der Waals surface area contributed by atoms with Gasteiger partial charge in [0, 0.05) is 17.6 Å². The van der Waals surface area contributed by atoms with E-state index in [9.17, 15) is 4.79 Å². The van der Waals surface area contributed by atoms with Crippen LogP contribution in [-0.4, -0.2) is 22.3 Å². The van der Waals surface area contributed by atoms with E-state index in [0.717, 1.165) is 16.4 Å². The van der Waals surface area contributed by atoms with Crippen LogP contribution in [0.5, 0.6) is 0 Å². The molecule has 1 unspecified atom stereocenters. The summed E-state index contributed by atoms with van der Waals surface area (Å²) in [4.78, 5) is 18.9. The van der Waals surface area contributed by atoms with Crippen LogP contribution in [0.4, 0.5) is 5.69 Å². The third-order valence-corrected chi connectivity index (χ3v) is 4.06. The second-order valence-electron chi connectivity index (χ2n) is 4.63. The van der Waals surface area contributed by atoms with Crippen molar-refractivity contribution < 1.29 is 4.79 Å². The Hall–Kier alpha value is -2.14. The molecule has 4 nitrogen and oxygen atoms in total. The van der Waals surface area contributed by atoms with Crippen molar-refractivity contribution in [1.29, 1.82) is 0 Å². The summed E-state index contributed by atoms with van der Waals surface area (Å²) in [5.41, 5.74) is 2.42. The molecule has 1 aromatic carbocycles. The summed E-state index contributed by atoms with van der Waals surface area (Å²) in [6, 6.07) is 7.55. The van der Waals surface area contributed by atoms with Crippen LogP contribution in [0.3, 0.4) is 0 Å². The predicted octanol–water partition coefficient (Wildman–Crippen LogP) is 3.20. The molecule has 2 aromatic rings. The zero-order valence-corrected chi connectivity index (χ0v) is 12.0. The van der Waals surface area contributed by atoms with E-state index in [-0.39, 0.29) is 12.1 Å². The molecule has 1 aliphatic rings. The molecular formula is C15H15N3OS. The third kappa shape index (κ3) is 2.10. The Morgan fingerprint density at radius 1 is 1.50 bits per heavy atom. The Labute approximate surface area is 121 Å². The first-order valence-electron chi connectivity index (χ1n) is 6.40. The number of fused-ring (bicyclic) bond motifs is 1. The Kier molecular flexibility index (Phi) is 3.28. The second kappa shape index (κ2) is 5.09. The number of nitrogens with one attached hydrogen (secondary N) is 1. The molecule has 1 atom stereocenters. The second-order valence-corrected chi connectivity index (χ2v) is 5.69. The number of aromatic nitrogens is 1. The number of carbonyl (C=O) groups excluding carboxylic acids is 1. The SMILES string of the molecule is C=CCN1C(=O)c2ccccc2NC1c1csc(C)n1. The summed E-state index contributed by atoms with van der Waals surface area (Å²) in [7, 11) is 0. The van der Waals surface area contributed by atoms with Crippen molar-refractivity contribution in [1.82, 2.24) is 9.88 Å². The fourth-order valence-corrected chi connectivity index (χ4v) is 2.99. The van der Waals surface area contributed by atoms with Gasteiger partial charge in [-0.2, -0.15) is 0 Å². The van der Waals surface area contributed by atoms with Gasteiger partial charge in [0.1, 0.15) is 6.17 Å². The van der Waals surface area contributed by atoms with Gasteiger partial charge in [-0.3, -0.25) is 4.79 Å². The van der Waals surface area contributed by atoms with Gasteiger partial charge < -0.3 is 10.2 Å². The van der Waals surface area contributed by atoms with Gasteiger partial charge >= 0.3 is 0 Å². The minimum atomic E-state index is -0.236. The molecule has 0 saturated heterocycles. The van der Waals surface area contributed by atoms with Gasteiger partial charge in [0.05, 0.1) is 16.3 Å². The summed E-state index contributed by atoms with van der Waals surface area (Å²) in [5, 5.41) is 6.38. The molecule has 0 saturated carbocycles. The van der Waals surface area contributed by atoms with Crippen LogP contribution in [0.25, 0.3) is 0 Å². The average Bonchev–Trinajstić information content (AvgIpc) is 2.88. The van der Waals surface area contributed by atoms with Crippen molar-refractivity contribution in [3.63, 3.8) is 0 Å². The lowest BCUT2D eigenvalue weighted by molar-refractivity contribution is 0.0704. The third-order valence-electron chi connectivity index (χ3n) is 3.26. The zero-order valence-electron chi connectivity index (χ0n) is 11.2. The number of hydrogen-bond acceptors (Lipinski definition) is 4. The van der Waals surface area contributed by atoms with Crippen molar-refractivity contribution >= 4 is 22.9 Å². The lowest BCUT2D eigenvalue weighted by Crippen LogP contribution is -2.43. The van der Waals surface area contributed by atoms with Gasteiger partial charge in [-0.15, -0.1) is 17.9 Å². The molecule has 0 spiro atoms. The molecule has 20 heavy (non-hydrogen) atoms. The van der Waals surface area contributed by atoms with Crippen LogP contribution in [0.15, 0.2) is 42.3 Å². The van der Waals surface area contributed by atoms with Crippen molar-refractivity contribution in [3.8, 4) is 0 Å². The predicted molar refractivity (Wildman–Crippen MR) is 80.9 cm³/mol. The normalized spacial score (nSPS) is 17.6. The van der Waals surface area contributed by atoms with Crippen molar-refractivity contribution in [2.24, 2.45) is 0 Å². The molecule has 1 N–H and O–H groups in total. The maximum atomic E-state index is 12.6. The average molecular weight is 285 g/mol. The first-order valence-corrected chi connectivity index (χ1v) is 7.28. The van der Waals surface area contributed by atoms with E-state index in [2.05, 4.69) is 16.9 Å². The largest absolute Gasteiger partial charge is 0.359 e. The van der Waals surface area contributed by atoms with Crippen LogP contribution >= 0.6 is 11.3 Å². The number of hydrogen-bond donors (Lipinski definition) is 1. The smallest absolute Gasteiger partial charge is 0.258 e. The Morgan fingerprint density at radius 2 is 2.30 bits per heavy atom. The van der Waals surface area contributed by atoms with Crippen molar-refractivity contribution in [2.75, 3.05) is 11.9 Å². The molecule has 2 heterocycles. The van der Waals surface area contributed by atoms with Gasteiger partial charge in [-0.1, -0.05) is 18.2 Å². The first kappa shape index (κ1) is 12.9. The van der Waals surface area contributed by atoms with Crippen LogP contribution < -0.4 is 5.32 Å². The molecule has 3 rings (SSSR count). The lowest BCUT2D eigenvalue weighted by Gasteiger charge is -2.36. The number of para-hydroxylation sites is 1. The van der Waals surface area contributed by atoms with Crippen molar-refractivity contribution in [2.45, 2.75) is 13.1 Å². The van der Waals surface area contributed by atoms with E-state index < -0.39 is 0 Å². The fraction of sp³-hybridized carbons (Fsp3) is 0.200. The van der Waals surface area contributed by atoms with E-state index in [1.165, 1.54) is 0 Å². The van der Waals surface area contributed by atoms with Crippen LogP contribution in [0.1, 0.15) is 27.2 Å². The van der Waals surface area contributed by atoms with E-state index >= 15 is 0 Å². The molecule has 1 amide bonds. The minimum Gasteiger partial charge on any atom is -0.359 e. The number of nitrogens with zero attached hydrogens (tertiary/aromatic N) is 2. The topological polar surface area (TPSA) is 45.2 Å². The zero-order chi connectivity index (χ0) is 14.1. The Balaban J connectivity index is 2.05. The maximum absolute atomic E-state index is 12.6. The minimum absolute atomic E-state index is 0.00917. The van der Waals surface area contributed by atoms with E-state index in [1.807, 2.05) is 36.6 Å². The number of benzene rings is 1. The molecule has 5 heteroatoms. The monoisotopic (exact) mass is 285 g/mol. The number of amides is 1. The molecule has 0 radical (unpaired) electrons. The van der Waals surface area contributed by atoms with E-state index in [1.54, 1.807) is 22.3 Å². The Bertz CT molecular complexity index is 665. The number of rotatable bonds is 3. The highest BCUT2D eigenvalue weighted by atomic mass is 32.1.